The summed E-state index contributed by atoms with van der Waals surface area (Å²) in [6.45, 7) is 5.81. The quantitative estimate of drug-likeness (QED) is 0.413. The van der Waals surface area contributed by atoms with E-state index in [1.165, 1.54) is 12.1 Å². The first-order chi connectivity index (χ1) is 15.0. The van der Waals surface area contributed by atoms with E-state index in [0.29, 0.717) is 41.7 Å². The van der Waals surface area contributed by atoms with Crippen LogP contribution in [0.3, 0.4) is 0 Å². The number of nitrogens with one attached hydrogen (secondary N) is 1. The molecule has 1 heterocycles. The normalized spacial score (nSPS) is 13.7. The summed E-state index contributed by atoms with van der Waals surface area (Å²) in [6.07, 6.45) is 2.58. The number of likely N-dealkylation sites (tertiary alicyclic amines) is 1. The number of nitrogens with zero attached hydrogens (tertiary/aromatic N) is 1. The molecular formula is C23H27BrClFN2O3. The van der Waals surface area contributed by atoms with Gasteiger partial charge < -0.3 is 19.7 Å². The average Bonchev–Trinajstić information content (AvgIpc) is 3.13. The Labute approximate surface area is 196 Å². The Bertz CT molecular complexity index is 913. The highest BCUT2D eigenvalue weighted by Crippen LogP contribution is 2.38. The molecule has 31 heavy (non-hydrogen) atoms. The van der Waals surface area contributed by atoms with Gasteiger partial charge in [-0.3, -0.25) is 4.79 Å². The van der Waals surface area contributed by atoms with E-state index in [2.05, 4.69) is 21.2 Å². The summed E-state index contributed by atoms with van der Waals surface area (Å²) >= 11 is 9.68. The van der Waals surface area contributed by atoms with Gasteiger partial charge in [0.05, 0.1) is 16.1 Å². The van der Waals surface area contributed by atoms with E-state index in [9.17, 15) is 9.18 Å². The number of rotatable bonds is 11. The van der Waals surface area contributed by atoms with Crippen LogP contribution >= 0.6 is 27.5 Å². The Morgan fingerprint density at radius 2 is 2.10 bits per heavy atom. The molecule has 2 aromatic carbocycles. The van der Waals surface area contributed by atoms with Crippen molar-refractivity contribution in [3.05, 3.63) is 56.8 Å². The predicted octanol–water partition coefficient (Wildman–Crippen LogP) is 5.32. The zero-order chi connectivity index (χ0) is 22.2. The molecule has 0 spiro atoms. The third-order valence-corrected chi connectivity index (χ3v) is 5.98. The van der Waals surface area contributed by atoms with Crippen LogP contribution in [-0.4, -0.2) is 37.0 Å². The van der Waals surface area contributed by atoms with Crippen molar-refractivity contribution in [2.45, 2.75) is 39.3 Å². The molecule has 1 aliphatic heterocycles. The molecule has 8 heteroatoms. The Morgan fingerprint density at radius 1 is 1.26 bits per heavy atom. The van der Waals surface area contributed by atoms with Gasteiger partial charge in [0.2, 0.25) is 5.91 Å². The smallest absolute Gasteiger partial charge is 0.222 e. The van der Waals surface area contributed by atoms with Gasteiger partial charge in [-0.15, -0.1) is 0 Å². The number of carbonyl (C=O) groups excluding carboxylic acids is 1. The first-order valence-electron chi connectivity index (χ1n) is 10.5. The largest absolute Gasteiger partial charge is 0.490 e. The lowest BCUT2D eigenvalue weighted by Gasteiger charge is -2.17. The molecule has 1 saturated heterocycles. The summed E-state index contributed by atoms with van der Waals surface area (Å²) in [7, 11) is 0. The number of hydrogen-bond donors (Lipinski definition) is 1. The van der Waals surface area contributed by atoms with Gasteiger partial charge in [0.1, 0.15) is 12.4 Å². The number of halogens is 3. The maximum absolute atomic E-state index is 13.3. The van der Waals surface area contributed by atoms with Crippen molar-refractivity contribution in [3.8, 4) is 11.5 Å². The molecule has 5 nitrogen and oxygen atoms in total. The zero-order valence-electron chi connectivity index (χ0n) is 17.6. The number of ether oxygens (including phenoxy) is 2. The Hall–Kier alpha value is -1.83. The molecule has 0 bridgehead atoms. The van der Waals surface area contributed by atoms with Gasteiger partial charge >= 0.3 is 0 Å². The zero-order valence-corrected chi connectivity index (χ0v) is 19.9. The molecule has 0 aliphatic carbocycles. The van der Waals surface area contributed by atoms with Crippen LogP contribution < -0.4 is 14.8 Å². The van der Waals surface area contributed by atoms with E-state index >= 15 is 0 Å². The summed E-state index contributed by atoms with van der Waals surface area (Å²) in [5, 5.41) is 3.74. The second kappa shape index (κ2) is 11.7. The first-order valence-corrected chi connectivity index (χ1v) is 11.7. The second-order valence-electron chi connectivity index (χ2n) is 7.38. The van der Waals surface area contributed by atoms with Crippen molar-refractivity contribution in [2.24, 2.45) is 0 Å². The lowest BCUT2D eigenvalue weighted by molar-refractivity contribution is -0.127. The molecule has 1 amide bonds. The highest BCUT2D eigenvalue weighted by Gasteiger charge is 2.19. The topological polar surface area (TPSA) is 50.8 Å². The lowest BCUT2D eigenvalue weighted by atomic mass is 10.2. The fourth-order valence-corrected chi connectivity index (χ4v) is 4.31. The fourth-order valence-electron chi connectivity index (χ4n) is 3.48. The van der Waals surface area contributed by atoms with Gasteiger partial charge in [0.15, 0.2) is 11.5 Å². The average molecular weight is 514 g/mol. The molecule has 168 valence electrons. The predicted molar refractivity (Wildman–Crippen MR) is 123 cm³/mol. The summed E-state index contributed by atoms with van der Waals surface area (Å²) in [6, 6.07) is 8.18. The summed E-state index contributed by atoms with van der Waals surface area (Å²) in [5.74, 6) is 1.10. The van der Waals surface area contributed by atoms with Gasteiger partial charge in [-0.1, -0.05) is 17.7 Å². The van der Waals surface area contributed by atoms with E-state index in [4.69, 9.17) is 21.1 Å². The summed E-state index contributed by atoms with van der Waals surface area (Å²) < 4.78 is 25.8. The van der Waals surface area contributed by atoms with Gasteiger partial charge in [-0.2, -0.15) is 0 Å². The van der Waals surface area contributed by atoms with Crippen LogP contribution in [0.25, 0.3) is 0 Å². The van der Waals surface area contributed by atoms with Crippen molar-refractivity contribution >= 4 is 33.4 Å². The Kier molecular flexibility index (Phi) is 8.99. The molecule has 1 fully saturated rings. The maximum atomic E-state index is 13.3. The number of benzene rings is 2. The minimum Gasteiger partial charge on any atom is -0.490 e. The van der Waals surface area contributed by atoms with Gasteiger partial charge in [0, 0.05) is 31.6 Å². The minimum absolute atomic E-state index is 0.199. The van der Waals surface area contributed by atoms with E-state index in [1.54, 1.807) is 6.07 Å². The highest BCUT2D eigenvalue weighted by atomic mass is 79.9. The summed E-state index contributed by atoms with van der Waals surface area (Å²) in [5.41, 5.74) is 1.75. The lowest BCUT2D eigenvalue weighted by Crippen LogP contribution is -2.28. The maximum Gasteiger partial charge on any atom is 0.222 e. The van der Waals surface area contributed by atoms with Crippen LogP contribution in [0.5, 0.6) is 11.5 Å². The van der Waals surface area contributed by atoms with Crippen molar-refractivity contribution in [1.82, 2.24) is 10.2 Å². The third kappa shape index (κ3) is 6.82. The molecule has 1 N–H and O–H groups in total. The molecule has 0 radical (unpaired) electrons. The molecular weight excluding hydrogens is 487 g/mol. The van der Waals surface area contributed by atoms with Crippen molar-refractivity contribution in [3.63, 3.8) is 0 Å². The highest BCUT2D eigenvalue weighted by molar-refractivity contribution is 9.10. The van der Waals surface area contributed by atoms with Crippen molar-refractivity contribution < 1.29 is 18.7 Å². The Balaban J connectivity index is 1.56. The Morgan fingerprint density at radius 3 is 2.81 bits per heavy atom. The molecule has 0 unspecified atom stereocenters. The van der Waals surface area contributed by atoms with Gasteiger partial charge in [-0.25, -0.2) is 4.39 Å². The van der Waals surface area contributed by atoms with Crippen molar-refractivity contribution in [2.75, 3.05) is 26.2 Å². The van der Waals surface area contributed by atoms with Crippen LogP contribution in [0.2, 0.25) is 5.02 Å². The summed E-state index contributed by atoms with van der Waals surface area (Å²) in [4.78, 5) is 13.6. The number of amides is 1. The molecule has 0 saturated carbocycles. The first kappa shape index (κ1) is 23.8. The molecule has 3 rings (SSSR count). The number of carbonyl (C=O) groups is 1. The van der Waals surface area contributed by atoms with Crippen LogP contribution in [-0.2, 0) is 17.9 Å². The van der Waals surface area contributed by atoms with Crippen LogP contribution in [0.4, 0.5) is 4.39 Å². The monoisotopic (exact) mass is 512 g/mol. The van der Waals surface area contributed by atoms with E-state index in [0.717, 1.165) is 42.5 Å². The van der Waals surface area contributed by atoms with Crippen LogP contribution in [0.15, 0.2) is 34.8 Å². The van der Waals surface area contributed by atoms with Gasteiger partial charge in [0.25, 0.3) is 0 Å². The van der Waals surface area contributed by atoms with Crippen molar-refractivity contribution in [1.29, 1.82) is 0 Å². The molecule has 0 atom stereocenters. The molecule has 1 aliphatic rings. The SMILES string of the molecule is CCOc1cc(CNCCCN2CCCC2=O)cc(Br)c1OCc1ccc(F)cc1Cl. The standard InChI is InChI=1S/C23H27BrClFN2O3/c1-2-30-21-12-16(14-27-8-4-10-28-9-3-5-22(28)29)11-19(24)23(21)31-15-17-6-7-18(26)13-20(17)25/h6-7,11-13,27H,2-5,8-10,14-15H2,1H3. The van der Waals surface area contributed by atoms with E-state index in [-0.39, 0.29) is 18.3 Å². The van der Waals surface area contributed by atoms with Crippen LogP contribution in [0, 0.1) is 5.82 Å². The number of hydrogen-bond acceptors (Lipinski definition) is 4. The van der Waals surface area contributed by atoms with E-state index < -0.39 is 0 Å². The second-order valence-corrected chi connectivity index (χ2v) is 8.64. The minimum atomic E-state index is -0.381. The molecule has 0 aromatic heterocycles. The van der Waals surface area contributed by atoms with Crippen LogP contribution in [0.1, 0.15) is 37.3 Å². The fraction of sp³-hybridized carbons (Fsp3) is 0.435. The molecule has 2 aromatic rings. The third-order valence-electron chi connectivity index (χ3n) is 5.04. The van der Waals surface area contributed by atoms with E-state index in [1.807, 2.05) is 24.0 Å². The van der Waals surface area contributed by atoms with Gasteiger partial charge in [-0.05, 0) is 72.1 Å².